The lowest BCUT2D eigenvalue weighted by molar-refractivity contribution is 0.250. The zero-order valence-electron chi connectivity index (χ0n) is 9.13. The highest BCUT2D eigenvalue weighted by Gasteiger charge is 2.15. The van der Waals surface area contributed by atoms with Gasteiger partial charge in [-0.2, -0.15) is 0 Å². The van der Waals surface area contributed by atoms with Crippen molar-refractivity contribution in [2.75, 3.05) is 6.61 Å². The lowest BCUT2D eigenvalue weighted by Crippen LogP contribution is -2.08. The van der Waals surface area contributed by atoms with Crippen LogP contribution in [0.2, 0.25) is 0 Å². The van der Waals surface area contributed by atoms with E-state index in [2.05, 4.69) is 41.1 Å². The molecule has 1 nitrogen and oxygen atoms in total. The summed E-state index contributed by atoms with van der Waals surface area (Å²) >= 11 is 3.47. The molecule has 0 N–H and O–H groups in total. The van der Waals surface area contributed by atoms with E-state index in [4.69, 9.17) is 4.74 Å². The SMILES string of the molecule is Cc1ccc(Br)cc1OCC1CCCC1. The van der Waals surface area contributed by atoms with Crippen molar-refractivity contribution in [3.63, 3.8) is 0 Å². The summed E-state index contributed by atoms with van der Waals surface area (Å²) in [5, 5.41) is 0. The molecular formula is C13H17BrO. The van der Waals surface area contributed by atoms with E-state index in [0.717, 1.165) is 22.7 Å². The molecule has 0 radical (unpaired) electrons. The third-order valence-corrected chi connectivity index (χ3v) is 3.59. The molecule has 1 saturated carbocycles. The van der Waals surface area contributed by atoms with Crippen molar-refractivity contribution in [2.45, 2.75) is 32.6 Å². The van der Waals surface area contributed by atoms with E-state index in [1.54, 1.807) is 0 Å². The van der Waals surface area contributed by atoms with Crippen molar-refractivity contribution < 1.29 is 4.74 Å². The van der Waals surface area contributed by atoms with E-state index in [0.29, 0.717) is 0 Å². The number of ether oxygens (including phenoxy) is 1. The van der Waals surface area contributed by atoms with Crippen LogP contribution in [0.3, 0.4) is 0 Å². The van der Waals surface area contributed by atoms with E-state index in [-0.39, 0.29) is 0 Å². The molecule has 0 saturated heterocycles. The lowest BCUT2D eigenvalue weighted by atomic mass is 10.1. The molecule has 2 rings (SSSR count). The molecule has 0 heterocycles. The smallest absolute Gasteiger partial charge is 0.123 e. The van der Waals surface area contributed by atoms with E-state index in [9.17, 15) is 0 Å². The van der Waals surface area contributed by atoms with Crippen molar-refractivity contribution in [3.05, 3.63) is 28.2 Å². The maximum absolute atomic E-state index is 5.87. The Bertz CT molecular complexity index is 329. The normalized spacial score (nSPS) is 16.9. The fourth-order valence-corrected chi connectivity index (χ4v) is 2.45. The first-order chi connectivity index (χ1) is 7.25. The molecule has 2 heteroatoms. The van der Waals surface area contributed by atoms with Crippen molar-refractivity contribution in [1.29, 1.82) is 0 Å². The van der Waals surface area contributed by atoms with Crippen LogP contribution in [0.1, 0.15) is 31.2 Å². The van der Waals surface area contributed by atoms with Crippen LogP contribution in [0.4, 0.5) is 0 Å². The van der Waals surface area contributed by atoms with Crippen molar-refractivity contribution in [1.82, 2.24) is 0 Å². The summed E-state index contributed by atoms with van der Waals surface area (Å²) in [5.41, 5.74) is 1.22. The van der Waals surface area contributed by atoms with Gasteiger partial charge in [-0.15, -0.1) is 0 Å². The van der Waals surface area contributed by atoms with Crippen LogP contribution in [0, 0.1) is 12.8 Å². The highest BCUT2D eigenvalue weighted by atomic mass is 79.9. The standard InChI is InChI=1S/C13H17BrO/c1-10-6-7-12(14)8-13(10)15-9-11-4-2-3-5-11/h6-8,11H,2-5,9H2,1H3. The molecule has 1 aromatic rings. The number of rotatable bonds is 3. The molecule has 82 valence electrons. The Kier molecular flexibility index (Phi) is 3.68. The van der Waals surface area contributed by atoms with E-state index < -0.39 is 0 Å². The molecule has 1 aromatic carbocycles. The summed E-state index contributed by atoms with van der Waals surface area (Å²) in [6, 6.07) is 6.20. The van der Waals surface area contributed by atoms with Gasteiger partial charge in [0.15, 0.2) is 0 Å². The lowest BCUT2D eigenvalue weighted by Gasteiger charge is -2.13. The van der Waals surface area contributed by atoms with Crippen LogP contribution >= 0.6 is 15.9 Å². The van der Waals surface area contributed by atoms with Gasteiger partial charge in [0.2, 0.25) is 0 Å². The topological polar surface area (TPSA) is 9.23 Å². The third-order valence-electron chi connectivity index (χ3n) is 3.10. The van der Waals surface area contributed by atoms with E-state index in [1.165, 1.54) is 31.2 Å². The Balaban J connectivity index is 1.94. The molecule has 1 fully saturated rings. The Morgan fingerprint density at radius 2 is 2.07 bits per heavy atom. The minimum Gasteiger partial charge on any atom is -0.493 e. The highest BCUT2D eigenvalue weighted by molar-refractivity contribution is 9.10. The molecule has 0 atom stereocenters. The zero-order chi connectivity index (χ0) is 10.7. The van der Waals surface area contributed by atoms with Gasteiger partial charge in [0.05, 0.1) is 6.61 Å². The van der Waals surface area contributed by atoms with Crippen molar-refractivity contribution >= 4 is 15.9 Å². The monoisotopic (exact) mass is 268 g/mol. The van der Waals surface area contributed by atoms with Crippen molar-refractivity contribution in [2.24, 2.45) is 5.92 Å². The molecule has 0 unspecified atom stereocenters. The van der Waals surface area contributed by atoms with Crippen LogP contribution in [0.25, 0.3) is 0 Å². The molecule has 15 heavy (non-hydrogen) atoms. The van der Waals surface area contributed by atoms with Gasteiger partial charge in [0, 0.05) is 4.47 Å². The van der Waals surface area contributed by atoms with Gasteiger partial charge in [-0.05, 0) is 43.4 Å². The predicted octanol–water partition coefficient (Wildman–Crippen LogP) is 4.33. The molecule has 1 aliphatic carbocycles. The quantitative estimate of drug-likeness (QED) is 0.793. The number of benzene rings is 1. The summed E-state index contributed by atoms with van der Waals surface area (Å²) in [6.07, 6.45) is 5.44. The fourth-order valence-electron chi connectivity index (χ4n) is 2.11. The highest BCUT2D eigenvalue weighted by Crippen LogP contribution is 2.27. The summed E-state index contributed by atoms with van der Waals surface area (Å²) in [4.78, 5) is 0. The van der Waals surface area contributed by atoms with Gasteiger partial charge in [0.1, 0.15) is 5.75 Å². The van der Waals surface area contributed by atoms with Gasteiger partial charge in [0.25, 0.3) is 0 Å². The molecular weight excluding hydrogens is 252 g/mol. The van der Waals surface area contributed by atoms with Gasteiger partial charge in [-0.1, -0.05) is 34.8 Å². The van der Waals surface area contributed by atoms with E-state index in [1.807, 2.05) is 0 Å². The number of halogens is 1. The third kappa shape index (κ3) is 2.97. The van der Waals surface area contributed by atoms with Gasteiger partial charge in [-0.3, -0.25) is 0 Å². The van der Waals surface area contributed by atoms with Crippen LogP contribution in [-0.2, 0) is 0 Å². The summed E-state index contributed by atoms with van der Waals surface area (Å²) in [5.74, 6) is 1.81. The van der Waals surface area contributed by atoms with Gasteiger partial charge < -0.3 is 4.74 Å². The average molecular weight is 269 g/mol. The maximum Gasteiger partial charge on any atom is 0.123 e. The van der Waals surface area contributed by atoms with Gasteiger partial charge >= 0.3 is 0 Å². The number of aryl methyl sites for hydroxylation is 1. The minimum atomic E-state index is 0.781. The van der Waals surface area contributed by atoms with Crippen LogP contribution < -0.4 is 4.74 Å². The second kappa shape index (κ2) is 5.02. The Morgan fingerprint density at radius 3 is 2.80 bits per heavy atom. The second-order valence-corrected chi connectivity index (χ2v) is 5.29. The Hall–Kier alpha value is -0.500. The summed E-state index contributed by atoms with van der Waals surface area (Å²) in [6.45, 7) is 2.98. The summed E-state index contributed by atoms with van der Waals surface area (Å²) < 4.78 is 6.96. The zero-order valence-corrected chi connectivity index (χ0v) is 10.7. The Labute approximate surface area is 100.0 Å². The largest absolute Gasteiger partial charge is 0.493 e. The number of hydrogen-bond donors (Lipinski definition) is 0. The van der Waals surface area contributed by atoms with Crippen LogP contribution in [0.15, 0.2) is 22.7 Å². The van der Waals surface area contributed by atoms with Crippen LogP contribution in [0.5, 0.6) is 5.75 Å². The Morgan fingerprint density at radius 1 is 1.33 bits per heavy atom. The van der Waals surface area contributed by atoms with E-state index >= 15 is 0 Å². The van der Waals surface area contributed by atoms with Crippen LogP contribution in [-0.4, -0.2) is 6.61 Å². The summed E-state index contributed by atoms with van der Waals surface area (Å²) in [7, 11) is 0. The molecule has 1 aliphatic rings. The molecule has 0 amide bonds. The fraction of sp³-hybridized carbons (Fsp3) is 0.538. The molecule has 0 spiro atoms. The first-order valence-corrected chi connectivity index (χ1v) is 6.44. The molecule has 0 aromatic heterocycles. The van der Waals surface area contributed by atoms with Crippen molar-refractivity contribution in [3.8, 4) is 5.75 Å². The average Bonchev–Trinajstić information content (AvgIpc) is 2.72. The number of hydrogen-bond acceptors (Lipinski definition) is 1. The second-order valence-electron chi connectivity index (χ2n) is 4.37. The first-order valence-electron chi connectivity index (χ1n) is 5.64. The molecule has 0 bridgehead atoms. The molecule has 0 aliphatic heterocycles. The minimum absolute atomic E-state index is 0.781. The van der Waals surface area contributed by atoms with Gasteiger partial charge in [-0.25, -0.2) is 0 Å². The maximum atomic E-state index is 5.87. The predicted molar refractivity (Wildman–Crippen MR) is 66.3 cm³/mol. The first kappa shape index (κ1) is 11.0.